The Balaban J connectivity index is 2.11. The van der Waals surface area contributed by atoms with Crippen molar-refractivity contribution in [3.8, 4) is 0 Å². The Labute approximate surface area is 107 Å². The third kappa shape index (κ3) is 2.78. The van der Waals surface area contributed by atoms with E-state index in [9.17, 15) is 14.3 Å². The van der Waals surface area contributed by atoms with Crippen molar-refractivity contribution in [1.29, 1.82) is 0 Å². The zero-order valence-electron chi connectivity index (χ0n) is 10.7. The molecule has 1 aliphatic carbocycles. The summed E-state index contributed by atoms with van der Waals surface area (Å²) in [6.07, 6.45) is 4.23. The van der Waals surface area contributed by atoms with E-state index in [1.165, 1.54) is 24.6 Å². The van der Waals surface area contributed by atoms with Crippen LogP contribution in [-0.4, -0.2) is 17.0 Å². The number of aryl methyl sites for hydroxylation is 1. The van der Waals surface area contributed by atoms with E-state index >= 15 is 0 Å². The molecule has 2 nitrogen and oxygen atoms in total. The van der Waals surface area contributed by atoms with Crippen LogP contribution in [0.5, 0.6) is 0 Å². The van der Waals surface area contributed by atoms with Gasteiger partial charge in [-0.05, 0) is 49.4 Å². The zero-order valence-corrected chi connectivity index (χ0v) is 10.7. The lowest BCUT2D eigenvalue weighted by Gasteiger charge is -2.25. The van der Waals surface area contributed by atoms with E-state index in [0.29, 0.717) is 11.1 Å². The van der Waals surface area contributed by atoms with Crippen molar-refractivity contribution < 1.29 is 14.3 Å². The zero-order chi connectivity index (χ0) is 13.1. The molecule has 1 aromatic rings. The quantitative estimate of drug-likeness (QED) is 0.836. The van der Waals surface area contributed by atoms with Crippen LogP contribution in [0.1, 0.15) is 48.0 Å². The van der Waals surface area contributed by atoms with Crippen LogP contribution in [0.3, 0.4) is 0 Å². The van der Waals surface area contributed by atoms with Crippen molar-refractivity contribution in [2.75, 3.05) is 0 Å². The number of Topliss-reactive ketones (excluding diaryl/α,β-unsaturated/α-hetero) is 1. The third-order valence-corrected chi connectivity index (χ3v) is 3.81. The van der Waals surface area contributed by atoms with Crippen LogP contribution in [-0.2, 0) is 0 Å². The van der Waals surface area contributed by atoms with Gasteiger partial charge in [0.15, 0.2) is 5.78 Å². The van der Waals surface area contributed by atoms with Crippen molar-refractivity contribution in [1.82, 2.24) is 0 Å². The Morgan fingerprint density at radius 3 is 2.61 bits per heavy atom. The molecule has 1 unspecified atom stereocenters. The van der Waals surface area contributed by atoms with Crippen LogP contribution >= 0.6 is 0 Å². The molecule has 1 aromatic carbocycles. The minimum atomic E-state index is -0.935. The highest BCUT2D eigenvalue weighted by Crippen LogP contribution is 2.28. The van der Waals surface area contributed by atoms with Crippen LogP contribution in [0.4, 0.5) is 4.39 Å². The molecule has 0 aromatic heterocycles. The van der Waals surface area contributed by atoms with Crippen LogP contribution in [0, 0.1) is 18.7 Å². The van der Waals surface area contributed by atoms with Crippen molar-refractivity contribution in [2.45, 2.75) is 45.1 Å². The summed E-state index contributed by atoms with van der Waals surface area (Å²) < 4.78 is 13.1. The molecule has 1 fully saturated rings. The monoisotopic (exact) mass is 250 g/mol. The maximum absolute atomic E-state index is 13.1. The van der Waals surface area contributed by atoms with Crippen molar-refractivity contribution >= 4 is 5.78 Å². The number of aliphatic hydroxyl groups excluding tert-OH is 1. The fourth-order valence-corrected chi connectivity index (χ4v) is 2.63. The lowest BCUT2D eigenvalue weighted by atomic mass is 9.82. The van der Waals surface area contributed by atoms with Gasteiger partial charge in [0.05, 0.1) is 0 Å². The van der Waals surface area contributed by atoms with Gasteiger partial charge in [0.2, 0.25) is 0 Å². The molecule has 3 heteroatoms. The summed E-state index contributed by atoms with van der Waals surface area (Å²) in [5, 5.41) is 10.1. The SMILES string of the molecule is Cc1cc(C(=O)C(O)C2CCCCC2)ccc1F. The molecule has 1 atom stereocenters. The van der Waals surface area contributed by atoms with E-state index in [1.54, 1.807) is 6.92 Å². The Hall–Kier alpha value is -1.22. The van der Waals surface area contributed by atoms with Gasteiger partial charge in [-0.2, -0.15) is 0 Å². The van der Waals surface area contributed by atoms with Crippen LogP contribution in [0.15, 0.2) is 18.2 Å². The second kappa shape index (κ2) is 5.61. The molecule has 0 amide bonds. The second-order valence-corrected chi connectivity index (χ2v) is 5.17. The predicted octanol–water partition coefficient (Wildman–Crippen LogP) is 3.26. The summed E-state index contributed by atoms with van der Waals surface area (Å²) >= 11 is 0. The van der Waals surface area contributed by atoms with E-state index in [1.807, 2.05) is 0 Å². The maximum Gasteiger partial charge on any atom is 0.191 e. The van der Waals surface area contributed by atoms with Gasteiger partial charge < -0.3 is 5.11 Å². The number of carbonyl (C=O) groups is 1. The molecule has 1 N–H and O–H groups in total. The molecule has 0 heterocycles. The van der Waals surface area contributed by atoms with Crippen LogP contribution in [0.2, 0.25) is 0 Å². The fraction of sp³-hybridized carbons (Fsp3) is 0.533. The van der Waals surface area contributed by atoms with E-state index in [2.05, 4.69) is 0 Å². The molecule has 0 radical (unpaired) electrons. The summed E-state index contributed by atoms with van der Waals surface area (Å²) in [4.78, 5) is 12.1. The highest BCUT2D eigenvalue weighted by atomic mass is 19.1. The summed E-state index contributed by atoms with van der Waals surface area (Å²) in [5.74, 6) is -0.527. The average Bonchev–Trinajstić information content (AvgIpc) is 2.41. The smallest absolute Gasteiger partial charge is 0.191 e. The van der Waals surface area contributed by atoms with Gasteiger partial charge in [0, 0.05) is 5.56 Å². The van der Waals surface area contributed by atoms with Crippen molar-refractivity contribution in [3.63, 3.8) is 0 Å². The Morgan fingerprint density at radius 2 is 2.00 bits per heavy atom. The van der Waals surface area contributed by atoms with Gasteiger partial charge in [-0.3, -0.25) is 4.79 Å². The molecule has 1 aliphatic rings. The van der Waals surface area contributed by atoms with E-state index in [0.717, 1.165) is 25.7 Å². The number of hydrogen-bond acceptors (Lipinski definition) is 2. The first-order valence-electron chi connectivity index (χ1n) is 6.58. The molecule has 2 rings (SSSR count). The fourth-order valence-electron chi connectivity index (χ4n) is 2.63. The lowest BCUT2D eigenvalue weighted by Crippen LogP contribution is -2.31. The highest BCUT2D eigenvalue weighted by Gasteiger charge is 2.28. The Morgan fingerprint density at radius 1 is 1.33 bits per heavy atom. The molecule has 0 saturated heterocycles. The first-order chi connectivity index (χ1) is 8.59. The topological polar surface area (TPSA) is 37.3 Å². The standard InChI is InChI=1S/C15H19FO2/c1-10-9-12(7-8-13(10)16)15(18)14(17)11-5-3-2-4-6-11/h7-9,11,14,17H,2-6H2,1H3. The number of aliphatic hydroxyl groups is 1. The minimum absolute atomic E-state index is 0.0663. The molecule has 0 bridgehead atoms. The minimum Gasteiger partial charge on any atom is -0.385 e. The predicted molar refractivity (Wildman–Crippen MR) is 68.0 cm³/mol. The van der Waals surface area contributed by atoms with Gasteiger partial charge in [-0.1, -0.05) is 19.3 Å². The van der Waals surface area contributed by atoms with Crippen LogP contribution in [0.25, 0.3) is 0 Å². The van der Waals surface area contributed by atoms with Crippen LogP contribution < -0.4 is 0 Å². The number of benzene rings is 1. The molecular weight excluding hydrogens is 231 g/mol. The molecule has 98 valence electrons. The van der Waals surface area contributed by atoms with E-state index < -0.39 is 6.10 Å². The van der Waals surface area contributed by atoms with Crippen molar-refractivity contribution in [2.24, 2.45) is 5.92 Å². The number of rotatable bonds is 3. The largest absolute Gasteiger partial charge is 0.385 e. The maximum atomic E-state index is 13.1. The summed E-state index contributed by atoms with van der Waals surface area (Å²) in [6.45, 7) is 1.62. The number of halogens is 1. The first kappa shape index (κ1) is 13.2. The van der Waals surface area contributed by atoms with Gasteiger partial charge >= 0.3 is 0 Å². The third-order valence-electron chi connectivity index (χ3n) is 3.81. The molecular formula is C15H19FO2. The van der Waals surface area contributed by atoms with E-state index in [4.69, 9.17) is 0 Å². The second-order valence-electron chi connectivity index (χ2n) is 5.17. The number of ketones is 1. The van der Waals surface area contributed by atoms with Crippen molar-refractivity contribution in [3.05, 3.63) is 35.1 Å². The summed E-state index contributed by atoms with van der Waals surface area (Å²) in [7, 11) is 0. The van der Waals surface area contributed by atoms with Gasteiger partial charge in [0.1, 0.15) is 11.9 Å². The van der Waals surface area contributed by atoms with E-state index in [-0.39, 0.29) is 17.5 Å². The first-order valence-corrected chi connectivity index (χ1v) is 6.58. The molecule has 0 aliphatic heterocycles. The normalized spacial score (nSPS) is 18.6. The average molecular weight is 250 g/mol. The number of carbonyl (C=O) groups excluding carboxylic acids is 1. The molecule has 0 spiro atoms. The Bertz CT molecular complexity index is 436. The van der Waals surface area contributed by atoms with Gasteiger partial charge in [0.25, 0.3) is 0 Å². The Kier molecular flexibility index (Phi) is 4.12. The lowest BCUT2D eigenvalue weighted by molar-refractivity contribution is 0.0534. The molecule has 18 heavy (non-hydrogen) atoms. The van der Waals surface area contributed by atoms with Gasteiger partial charge in [-0.15, -0.1) is 0 Å². The van der Waals surface area contributed by atoms with Gasteiger partial charge in [-0.25, -0.2) is 4.39 Å². The molecule has 1 saturated carbocycles. The summed E-state index contributed by atoms with van der Waals surface area (Å²) in [5.41, 5.74) is 0.851. The number of hydrogen-bond donors (Lipinski definition) is 1. The summed E-state index contributed by atoms with van der Waals surface area (Å²) in [6, 6.07) is 4.26. The highest BCUT2D eigenvalue weighted by molar-refractivity contribution is 5.99.